The van der Waals surface area contributed by atoms with E-state index in [0.717, 1.165) is 18.4 Å². The Balaban J connectivity index is 2.03. The molecular formula is C13H18FNO2. The van der Waals surface area contributed by atoms with Crippen molar-refractivity contribution in [1.82, 2.24) is 0 Å². The van der Waals surface area contributed by atoms with Crippen LogP contribution in [0.4, 0.5) is 4.39 Å². The van der Waals surface area contributed by atoms with Crippen LogP contribution in [0.3, 0.4) is 0 Å². The monoisotopic (exact) mass is 239 g/mol. The van der Waals surface area contributed by atoms with Crippen LogP contribution in [0.15, 0.2) is 18.2 Å². The first-order chi connectivity index (χ1) is 8.02. The van der Waals surface area contributed by atoms with Crippen molar-refractivity contribution < 1.29 is 14.2 Å². The molecule has 2 atom stereocenters. The number of aryl methyl sites for hydroxylation is 1. The molecule has 0 bridgehead atoms. The molecule has 1 aliphatic rings. The summed E-state index contributed by atoms with van der Waals surface area (Å²) in [6.45, 7) is 1.80. The average molecular weight is 239 g/mol. The average Bonchev–Trinajstić information content (AvgIpc) is 2.66. The van der Waals surface area contributed by atoms with E-state index in [9.17, 15) is 4.39 Å². The van der Waals surface area contributed by atoms with Crippen LogP contribution >= 0.6 is 0 Å². The van der Waals surface area contributed by atoms with E-state index in [0.29, 0.717) is 12.2 Å². The predicted molar refractivity (Wildman–Crippen MR) is 63.4 cm³/mol. The van der Waals surface area contributed by atoms with E-state index in [4.69, 9.17) is 15.6 Å². The molecule has 1 aliphatic carbocycles. The fourth-order valence-electron chi connectivity index (χ4n) is 2.27. The van der Waals surface area contributed by atoms with Gasteiger partial charge in [-0.15, -0.1) is 0 Å². The summed E-state index contributed by atoms with van der Waals surface area (Å²) in [5.74, 6) is 0.434. The lowest BCUT2D eigenvalue weighted by Crippen LogP contribution is -2.41. The molecule has 0 radical (unpaired) electrons. The zero-order chi connectivity index (χ0) is 12.5. The van der Waals surface area contributed by atoms with Crippen molar-refractivity contribution in [2.75, 3.05) is 6.61 Å². The van der Waals surface area contributed by atoms with Crippen LogP contribution in [0, 0.1) is 12.7 Å². The molecule has 17 heavy (non-hydrogen) atoms. The van der Waals surface area contributed by atoms with Gasteiger partial charge in [0.15, 0.2) is 0 Å². The van der Waals surface area contributed by atoms with Gasteiger partial charge >= 0.3 is 0 Å². The Hall–Kier alpha value is -1.13. The van der Waals surface area contributed by atoms with Gasteiger partial charge in [-0.3, -0.25) is 0 Å². The fourth-order valence-corrected chi connectivity index (χ4v) is 2.27. The van der Waals surface area contributed by atoms with Crippen LogP contribution in [0.5, 0.6) is 5.75 Å². The summed E-state index contributed by atoms with van der Waals surface area (Å²) in [7, 11) is 0. The Bertz CT molecular complexity index is 410. The molecule has 0 amide bonds. The van der Waals surface area contributed by atoms with Gasteiger partial charge in [-0.25, -0.2) is 4.39 Å². The Morgan fingerprint density at radius 2 is 2.35 bits per heavy atom. The highest BCUT2D eigenvalue weighted by molar-refractivity contribution is 5.32. The first-order valence-electron chi connectivity index (χ1n) is 5.85. The molecule has 0 spiro atoms. The molecule has 3 nitrogen and oxygen atoms in total. The highest BCUT2D eigenvalue weighted by Gasteiger charge is 2.36. The van der Waals surface area contributed by atoms with Crippen molar-refractivity contribution in [3.05, 3.63) is 29.6 Å². The van der Waals surface area contributed by atoms with Gasteiger partial charge in [0.05, 0.1) is 6.61 Å². The van der Waals surface area contributed by atoms with E-state index < -0.39 is 5.54 Å². The molecule has 1 aromatic rings. The summed E-state index contributed by atoms with van der Waals surface area (Å²) < 4.78 is 18.7. The van der Waals surface area contributed by atoms with Crippen molar-refractivity contribution in [2.24, 2.45) is 5.73 Å². The first kappa shape index (κ1) is 12.3. The third-order valence-corrected chi connectivity index (χ3v) is 3.34. The summed E-state index contributed by atoms with van der Waals surface area (Å²) in [5.41, 5.74) is 6.24. The normalized spacial score (nSPS) is 28.4. The third-order valence-electron chi connectivity index (χ3n) is 3.34. The van der Waals surface area contributed by atoms with Crippen LogP contribution in [-0.2, 0) is 0 Å². The highest BCUT2D eigenvalue weighted by atomic mass is 19.1. The molecule has 1 aromatic carbocycles. The molecule has 0 aromatic heterocycles. The molecule has 3 N–H and O–H groups in total. The summed E-state index contributed by atoms with van der Waals surface area (Å²) in [6.07, 6.45) is 2.24. The van der Waals surface area contributed by atoms with Gasteiger partial charge < -0.3 is 15.6 Å². The molecule has 4 heteroatoms. The van der Waals surface area contributed by atoms with E-state index in [1.165, 1.54) is 12.1 Å². The maximum atomic E-state index is 12.9. The SMILES string of the molecule is Cc1cc(F)ccc1OC1CCC(N)(CO)C1. The molecule has 1 fully saturated rings. The molecule has 2 rings (SSSR count). The van der Waals surface area contributed by atoms with Gasteiger partial charge in [-0.2, -0.15) is 0 Å². The topological polar surface area (TPSA) is 55.5 Å². The summed E-state index contributed by atoms with van der Waals surface area (Å²) >= 11 is 0. The molecule has 0 aliphatic heterocycles. The number of aliphatic hydroxyl groups excluding tert-OH is 1. The number of ether oxygens (including phenoxy) is 1. The third kappa shape index (κ3) is 2.76. The van der Waals surface area contributed by atoms with Crippen molar-refractivity contribution in [2.45, 2.75) is 37.8 Å². The molecule has 0 heterocycles. The van der Waals surface area contributed by atoms with Gasteiger partial charge in [0.2, 0.25) is 0 Å². The molecule has 94 valence electrons. The molecular weight excluding hydrogens is 221 g/mol. The van der Waals surface area contributed by atoms with Crippen LogP contribution in [0.2, 0.25) is 0 Å². The number of halogens is 1. The van der Waals surface area contributed by atoms with Crippen LogP contribution in [0.25, 0.3) is 0 Å². The lowest BCUT2D eigenvalue weighted by molar-refractivity contribution is 0.165. The predicted octanol–water partition coefficient (Wildman–Crippen LogP) is 1.76. The quantitative estimate of drug-likeness (QED) is 0.845. The largest absolute Gasteiger partial charge is 0.490 e. The maximum absolute atomic E-state index is 12.9. The van der Waals surface area contributed by atoms with E-state index in [1.807, 2.05) is 6.92 Å². The minimum absolute atomic E-state index is 0.0105. The Morgan fingerprint density at radius 3 is 2.94 bits per heavy atom. The van der Waals surface area contributed by atoms with E-state index in [1.54, 1.807) is 6.07 Å². The summed E-state index contributed by atoms with van der Waals surface area (Å²) in [6, 6.07) is 4.48. The number of benzene rings is 1. The van der Waals surface area contributed by atoms with E-state index in [-0.39, 0.29) is 18.5 Å². The second-order valence-corrected chi connectivity index (χ2v) is 4.91. The first-order valence-corrected chi connectivity index (χ1v) is 5.85. The highest BCUT2D eigenvalue weighted by Crippen LogP contribution is 2.31. The van der Waals surface area contributed by atoms with Crippen molar-refractivity contribution in [1.29, 1.82) is 0 Å². The number of aliphatic hydroxyl groups is 1. The number of rotatable bonds is 3. The van der Waals surface area contributed by atoms with Gasteiger partial charge in [0.25, 0.3) is 0 Å². The molecule has 1 saturated carbocycles. The van der Waals surface area contributed by atoms with Crippen LogP contribution in [-0.4, -0.2) is 23.4 Å². The number of hydrogen-bond acceptors (Lipinski definition) is 3. The summed E-state index contributed by atoms with van der Waals surface area (Å²) in [5, 5.41) is 9.17. The Labute approximate surface area is 100 Å². The fraction of sp³-hybridized carbons (Fsp3) is 0.538. The smallest absolute Gasteiger partial charge is 0.123 e. The Kier molecular flexibility index (Phi) is 3.35. The van der Waals surface area contributed by atoms with Crippen LogP contribution in [0.1, 0.15) is 24.8 Å². The maximum Gasteiger partial charge on any atom is 0.123 e. The Morgan fingerprint density at radius 1 is 1.59 bits per heavy atom. The van der Waals surface area contributed by atoms with Gasteiger partial charge in [0, 0.05) is 12.0 Å². The van der Waals surface area contributed by atoms with Crippen molar-refractivity contribution >= 4 is 0 Å². The van der Waals surface area contributed by atoms with Gasteiger partial charge in [-0.1, -0.05) is 0 Å². The summed E-state index contributed by atoms with van der Waals surface area (Å²) in [4.78, 5) is 0. The van der Waals surface area contributed by atoms with Gasteiger partial charge in [-0.05, 0) is 43.5 Å². The molecule has 0 saturated heterocycles. The lowest BCUT2D eigenvalue weighted by Gasteiger charge is -2.21. The number of nitrogens with two attached hydrogens (primary N) is 1. The zero-order valence-electron chi connectivity index (χ0n) is 9.95. The van der Waals surface area contributed by atoms with Crippen molar-refractivity contribution in [3.8, 4) is 5.75 Å². The van der Waals surface area contributed by atoms with E-state index in [2.05, 4.69) is 0 Å². The second-order valence-electron chi connectivity index (χ2n) is 4.91. The lowest BCUT2D eigenvalue weighted by atomic mass is 10.0. The van der Waals surface area contributed by atoms with Crippen molar-refractivity contribution in [3.63, 3.8) is 0 Å². The minimum Gasteiger partial charge on any atom is -0.490 e. The molecule has 2 unspecified atom stereocenters. The second kappa shape index (κ2) is 4.63. The van der Waals surface area contributed by atoms with Gasteiger partial charge in [0.1, 0.15) is 17.7 Å². The minimum atomic E-state index is -0.515. The standard InChI is InChI=1S/C13H18FNO2/c1-9-6-10(14)2-3-12(9)17-11-4-5-13(15,7-11)8-16/h2-3,6,11,16H,4-5,7-8,15H2,1H3. The zero-order valence-corrected chi connectivity index (χ0v) is 9.95. The van der Waals surface area contributed by atoms with Crippen LogP contribution < -0.4 is 10.5 Å². The van der Waals surface area contributed by atoms with E-state index >= 15 is 0 Å². The number of hydrogen-bond donors (Lipinski definition) is 2.